The van der Waals surface area contributed by atoms with Gasteiger partial charge in [-0.05, 0) is 115 Å². The van der Waals surface area contributed by atoms with Crippen molar-refractivity contribution in [2.24, 2.45) is 0 Å². The monoisotopic (exact) mass is 781 g/mol. The first-order valence-electron chi connectivity index (χ1n) is 20.5. The molecule has 0 spiro atoms. The molecule has 0 aliphatic heterocycles. The minimum Gasteiger partial charge on any atom is -0.310 e. The van der Waals surface area contributed by atoms with E-state index in [1.807, 2.05) is 11.3 Å². The largest absolute Gasteiger partial charge is 0.310 e. The molecule has 0 aliphatic rings. The summed E-state index contributed by atoms with van der Waals surface area (Å²) in [6, 6.07) is 86.0. The van der Waals surface area contributed by atoms with Crippen LogP contribution in [-0.4, -0.2) is 0 Å². The summed E-state index contributed by atoms with van der Waals surface area (Å²) < 4.78 is 2.65. The van der Waals surface area contributed by atoms with Crippen LogP contribution in [0.1, 0.15) is 0 Å². The van der Waals surface area contributed by atoms with E-state index in [0.717, 1.165) is 17.1 Å². The van der Waals surface area contributed by atoms with Gasteiger partial charge in [0.1, 0.15) is 0 Å². The maximum atomic E-state index is 2.37. The van der Waals surface area contributed by atoms with Crippen molar-refractivity contribution < 1.29 is 0 Å². The van der Waals surface area contributed by atoms with Crippen LogP contribution in [0.2, 0.25) is 0 Å². The second kappa shape index (κ2) is 15.3. The number of fused-ring (bicyclic) bond motifs is 4. The van der Waals surface area contributed by atoms with Crippen LogP contribution < -0.4 is 4.90 Å². The Morgan fingerprint density at radius 1 is 0.267 bits per heavy atom. The minimum atomic E-state index is 1.10. The van der Waals surface area contributed by atoms with Crippen LogP contribution in [0.5, 0.6) is 0 Å². The lowest BCUT2D eigenvalue weighted by Crippen LogP contribution is -2.10. The molecule has 0 radical (unpaired) electrons. The van der Waals surface area contributed by atoms with Crippen molar-refractivity contribution in [3.8, 4) is 55.6 Å². The Kier molecular flexibility index (Phi) is 9.11. The molecule has 0 saturated heterocycles. The standard InChI is InChI=1S/C58H39NS/c1-3-14-40(15-4-1)45-20-11-21-49(38-45)59(48-35-30-44(31-36-48)51-24-13-26-55-54-23-9-10-27-57(54)60-58(51)55)47-33-28-41(29-34-47)46-32-37-53(56(39-46)43-16-5-2-6-17-43)52-25-12-19-42-18-7-8-22-50(42)52/h1-39H. The van der Waals surface area contributed by atoms with Crippen molar-refractivity contribution in [3.63, 3.8) is 0 Å². The number of rotatable bonds is 8. The van der Waals surface area contributed by atoms with Crippen LogP contribution in [-0.2, 0) is 0 Å². The molecule has 60 heavy (non-hydrogen) atoms. The normalized spacial score (nSPS) is 11.3. The smallest absolute Gasteiger partial charge is 0.0467 e. The van der Waals surface area contributed by atoms with Gasteiger partial charge in [0.25, 0.3) is 0 Å². The molecule has 11 rings (SSSR count). The number of hydrogen-bond acceptors (Lipinski definition) is 2. The van der Waals surface area contributed by atoms with E-state index >= 15 is 0 Å². The molecule has 2 heteroatoms. The van der Waals surface area contributed by atoms with Crippen molar-refractivity contribution in [1.29, 1.82) is 0 Å². The predicted molar refractivity (Wildman–Crippen MR) is 259 cm³/mol. The van der Waals surface area contributed by atoms with E-state index in [4.69, 9.17) is 0 Å². The summed E-state index contributed by atoms with van der Waals surface area (Å²) in [5.74, 6) is 0. The molecular weight excluding hydrogens is 743 g/mol. The summed E-state index contributed by atoms with van der Waals surface area (Å²) in [6.45, 7) is 0. The highest BCUT2D eigenvalue weighted by atomic mass is 32.1. The van der Waals surface area contributed by atoms with Gasteiger partial charge in [-0.2, -0.15) is 0 Å². The second-order valence-corrected chi connectivity index (χ2v) is 16.3. The van der Waals surface area contributed by atoms with Crippen molar-refractivity contribution in [1.82, 2.24) is 0 Å². The van der Waals surface area contributed by atoms with Gasteiger partial charge in [0, 0.05) is 37.2 Å². The van der Waals surface area contributed by atoms with E-state index < -0.39 is 0 Å². The van der Waals surface area contributed by atoms with Crippen LogP contribution >= 0.6 is 11.3 Å². The fourth-order valence-corrected chi connectivity index (χ4v) is 9.98. The molecule has 0 atom stereocenters. The maximum Gasteiger partial charge on any atom is 0.0467 e. The first-order chi connectivity index (χ1) is 29.7. The van der Waals surface area contributed by atoms with E-state index in [9.17, 15) is 0 Å². The number of nitrogens with zero attached hydrogens (tertiary/aromatic N) is 1. The summed E-state index contributed by atoms with van der Waals surface area (Å²) in [7, 11) is 0. The van der Waals surface area contributed by atoms with Gasteiger partial charge in [0.15, 0.2) is 0 Å². The van der Waals surface area contributed by atoms with Crippen LogP contribution in [0.3, 0.4) is 0 Å². The van der Waals surface area contributed by atoms with Gasteiger partial charge in [-0.25, -0.2) is 0 Å². The van der Waals surface area contributed by atoms with E-state index in [-0.39, 0.29) is 0 Å². The highest BCUT2D eigenvalue weighted by molar-refractivity contribution is 7.26. The van der Waals surface area contributed by atoms with E-state index in [0.29, 0.717) is 0 Å². The lowest BCUT2D eigenvalue weighted by atomic mass is 9.89. The minimum absolute atomic E-state index is 1.10. The van der Waals surface area contributed by atoms with E-state index in [1.54, 1.807) is 0 Å². The molecule has 0 bridgehead atoms. The van der Waals surface area contributed by atoms with Crippen molar-refractivity contribution in [2.75, 3.05) is 4.90 Å². The van der Waals surface area contributed by atoms with Crippen molar-refractivity contribution in [3.05, 3.63) is 237 Å². The SMILES string of the molecule is c1ccc(-c2cccc(N(c3ccc(-c4ccc(-c5cccc6ccccc56)c(-c5ccccc5)c4)cc3)c3ccc(-c4cccc5c4sc4ccccc45)cc3)c2)cc1. The Morgan fingerprint density at radius 2 is 0.783 bits per heavy atom. The van der Waals surface area contributed by atoms with Crippen LogP contribution in [0.25, 0.3) is 86.6 Å². The topological polar surface area (TPSA) is 3.24 Å². The average Bonchev–Trinajstić information content (AvgIpc) is 3.72. The average molecular weight is 782 g/mol. The van der Waals surface area contributed by atoms with Gasteiger partial charge in [-0.3, -0.25) is 0 Å². The molecule has 0 amide bonds. The highest BCUT2D eigenvalue weighted by Gasteiger charge is 2.17. The van der Waals surface area contributed by atoms with Crippen LogP contribution in [0.4, 0.5) is 17.1 Å². The lowest BCUT2D eigenvalue weighted by molar-refractivity contribution is 1.28. The van der Waals surface area contributed by atoms with Crippen molar-refractivity contribution in [2.45, 2.75) is 0 Å². The first-order valence-corrected chi connectivity index (χ1v) is 21.3. The van der Waals surface area contributed by atoms with Gasteiger partial charge in [0.2, 0.25) is 0 Å². The third-order valence-corrected chi connectivity index (χ3v) is 12.9. The maximum absolute atomic E-state index is 2.37. The zero-order chi connectivity index (χ0) is 39.8. The fourth-order valence-electron chi connectivity index (χ4n) is 8.75. The molecule has 1 nitrogen and oxygen atoms in total. The van der Waals surface area contributed by atoms with E-state index in [2.05, 4.69) is 241 Å². The third-order valence-electron chi connectivity index (χ3n) is 11.7. The molecule has 11 aromatic rings. The molecule has 1 heterocycles. The predicted octanol–water partition coefficient (Wildman–Crippen LogP) is 17.0. The molecule has 282 valence electrons. The number of hydrogen-bond donors (Lipinski definition) is 0. The third kappa shape index (κ3) is 6.54. The molecule has 0 aliphatic carbocycles. The summed E-state index contributed by atoms with van der Waals surface area (Å²) in [6.07, 6.45) is 0. The van der Waals surface area contributed by atoms with Crippen molar-refractivity contribution >= 4 is 59.3 Å². The summed E-state index contributed by atoms with van der Waals surface area (Å²) >= 11 is 1.88. The lowest BCUT2D eigenvalue weighted by Gasteiger charge is -2.26. The zero-order valence-corrected chi connectivity index (χ0v) is 33.7. The second-order valence-electron chi connectivity index (χ2n) is 15.3. The van der Waals surface area contributed by atoms with Crippen LogP contribution in [0.15, 0.2) is 237 Å². The molecule has 0 fully saturated rings. The molecule has 1 aromatic heterocycles. The summed E-state index contributed by atoms with van der Waals surface area (Å²) in [5, 5.41) is 5.14. The van der Waals surface area contributed by atoms with Gasteiger partial charge < -0.3 is 4.90 Å². The van der Waals surface area contributed by atoms with Gasteiger partial charge in [-0.15, -0.1) is 11.3 Å². The summed E-state index contributed by atoms with van der Waals surface area (Å²) in [5.41, 5.74) is 15.4. The number of anilines is 3. The van der Waals surface area contributed by atoms with Gasteiger partial charge >= 0.3 is 0 Å². The first kappa shape index (κ1) is 35.6. The fraction of sp³-hybridized carbons (Fsp3) is 0. The number of benzene rings is 10. The Morgan fingerprint density at radius 3 is 1.57 bits per heavy atom. The molecular formula is C58H39NS. The Bertz CT molecular complexity index is 3290. The number of thiophene rings is 1. The molecule has 0 unspecified atom stereocenters. The quantitative estimate of drug-likeness (QED) is 0.148. The zero-order valence-electron chi connectivity index (χ0n) is 32.9. The van der Waals surface area contributed by atoms with Gasteiger partial charge in [0.05, 0.1) is 0 Å². The Balaban J connectivity index is 0.997. The summed E-state index contributed by atoms with van der Waals surface area (Å²) in [4.78, 5) is 2.37. The highest BCUT2D eigenvalue weighted by Crippen LogP contribution is 2.43. The van der Waals surface area contributed by atoms with E-state index in [1.165, 1.54) is 86.6 Å². The molecule has 0 N–H and O–H groups in total. The molecule has 0 saturated carbocycles. The van der Waals surface area contributed by atoms with Crippen LogP contribution in [0, 0.1) is 0 Å². The molecule has 10 aromatic carbocycles. The van der Waals surface area contributed by atoms with Gasteiger partial charge in [-0.1, -0.05) is 188 Å². The Hall–Kier alpha value is -7.52. The Labute approximate surface area is 354 Å².